The first-order chi connectivity index (χ1) is 15.6. The quantitative estimate of drug-likeness (QED) is 0.656. The molecule has 9 heteroatoms. The Bertz CT molecular complexity index is 974. The molecule has 4 rings (SSSR count). The predicted molar refractivity (Wildman–Crippen MR) is 117 cm³/mol. The number of aryl methyl sites for hydroxylation is 1. The van der Waals surface area contributed by atoms with Crippen LogP contribution in [0, 0.1) is 0 Å². The van der Waals surface area contributed by atoms with Crippen LogP contribution in [0.5, 0.6) is 0 Å². The molecule has 170 valence electrons. The number of fused-ring (bicyclic) bond motifs is 1. The van der Waals surface area contributed by atoms with Crippen LogP contribution in [-0.2, 0) is 22.6 Å². The number of aromatic nitrogens is 2. The summed E-state index contributed by atoms with van der Waals surface area (Å²) in [5.41, 5.74) is 1.69. The Morgan fingerprint density at radius 2 is 1.97 bits per heavy atom. The Morgan fingerprint density at radius 3 is 2.75 bits per heavy atom. The van der Waals surface area contributed by atoms with Crippen LogP contribution >= 0.6 is 0 Å². The van der Waals surface area contributed by atoms with Gasteiger partial charge < -0.3 is 19.9 Å². The summed E-state index contributed by atoms with van der Waals surface area (Å²) < 4.78 is 6.60. The van der Waals surface area contributed by atoms with Crippen molar-refractivity contribution in [3.8, 4) is 0 Å². The van der Waals surface area contributed by atoms with Crippen LogP contribution in [0.1, 0.15) is 45.8 Å². The van der Waals surface area contributed by atoms with Crippen molar-refractivity contribution in [2.75, 3.05) is 33.4 Å². The zero-order valence-corrected chi connectivity index (χ0v) is 18.3. The van der Waals surface area contributed by atoms with Gasteiger partial charge >= 0.3 is 0 Å². The van der Waals surface area contributed by atoms with Crippen molar-refractivity contribution in [3.05, 3.63) is 53.3 Å². The molecule has 2 aliphatic heterocycles. The molecule has 1 fully saturated rings. The van der Waals surface area contributed by atoms with Crippen molar-refractivity contribution in [3.63, 3.8) is 0 Å². The Labute approximate surface area is 187 Å². The monoisotopic (exact) mass is 439 g/mol. The SMILES string of the molecule is COCCNC(=O)[C@@H]1CCCN1C(=O)c1cc2n(n1)CCCN(Cc1ccccc1)C2=O. The fourth-order valence-corrected chi connectivity index (χ4v) is 4.32. The first-order valence-electron chi connectivity index (χ1n) is 11.1. The van der Waals surface area contributed by atoms with Gasteiger partial charge in [-0.2, -0.15) is 5.10 Å². The second kappa shape index (κ2) is 9.95. The lowest BCUT2D eigenvalue weighted by Gasteiger charge is -2.23. The Morgan fingerprint density at radius 1 is 1.16 bits per heavy atom. The largest absolute Gasteiger partial charge is 0.383 e. The molecule has 32 heavy (non-hydrogen) atoms. The third-order valence-corrected chi connectivity index (χ3v) is 5.94. The van der Waals surface area contributed by atoms with E-state index in [4.69, 9.17) is 4.74 Å². The molecule has 0 radical (unpaired) electrons. The third kappa shape index (κ3) is 4.67. The third-order valence-electron chi connectivity index (χ3n) is 5.94. The smallest absolute Gasteiger partial charge is 0.275 e. The van der Waals surface area contributed by atoms with Gasteiger partial charge in [-0.3, -0.25) is 19.1 Å². The van der Waals surface area contributed by atoms with E-state index in [-0.39, 0.29) is 23.4 Å². The molecule has 9 nitrogen and oxygen atoms in total. The number of nitrogens with zero attached hydrogens (tertiary/aromatic N) is 4. The molecule has 0 aliphatic carbocycles. The summed E-state index contributed by atoms with van der Waals surface area (Å²) in [5.74, 6) is -0.621. The lowest BCUT2D eigenvalue weighted by Crippen LogP contribution is -2.46. The lowest BCUT2D eigenvalue weighted by molar-refractivity contribution is -0.125. The molecular formula is C23H29N5O4. The van der Waals surface area contributed by atoms with Gasteiger partial charge in [0, 0.05) is 45.9 Å². The Balaban J connectivity index is 1.48. The highest BCUT2D eigenvalue weighted by Crippen LogP contribution is 2.22. The average molecular weight is 440 g/mol. The molecule has 0 spiro atoms. The van der Waals surface area contributed by atoms with E-state index in [1.165, 1.54) is 0 Å². The number of carbonyl (C=O) groups excluding carboxylic acids is 3. The van der Waals surface area contributed by atoms with Gasteiger partial charge in [0.25, 0.3) is 11.8 Å². The molecule has 3 heterocycles. The minimum atomic E-state index is -0.522. The van der Waals surface area contributed by atoms with Crippen molar-refractivity contribution in [2.45, 2.75) is 38.4 Å². The Hall–Kier alpha value is -3.20. The number of rotatable bonds is 7. The molecule has 2 aliphatic rings. The second-order valence-corrected chi connectivity index (χ2v) is 8.14. The second-order valence-electron chi connectivity index (χ2n) is 8.14. The van der Waals surface area contributed by atoms with Crippen molar-refractivity contribution >= 4 is 17.7 Å². The van der Waals surface area contributed by atoms with E-state index in [0.29, 0.717) is 51.4 Å². The number of ether oxygens (including phenoxy) is 1. The molecule has 0 unspecified atom stereocenters. The standard InChI is InChI=1S/C23H29N5O4/c1-32-14-10-24-21(29)19-9-5-12-27(19)22(30)18-15-20-23(31)26(11-6-13-28(20)25-18)16-17-7-3-2-4-8-17/h2-4,7-8,15,19H,5-6,9-14,16H2,1H3,(H,24,29)/t19-/m0/s1. The zero-order valence-electron chi connectivity index (χ0n) is 18.3. The number of carbonyl (C=O) groups is 3. The Kier molecular flexibility index (Phi) is 6.84. The van der Waals surface area contributed by atoms with E-state index in [0.717, 1.165) is 18.4 Å². The van der Waals surface area contributed by atoms with E-state index >= 15 is 0 Å². The van der Waals surface area contributed by atoms with Crippen LogP contribution in [-0.4, -0.2) is 76.7 Å². The normalized spacial score (nSPS) is 18.4. The number of likely N-dealkylation sites (tertiary alicyclic amines) is 1. The molecule has 0 saturated carbocycles. The molecular weight excluding hydrogens is 410 g/mol. The predicted octanol–water partition coefficient (Wildman–Crippen LogP) is 1.30. The van der Waals surface area contributed by atoms with E-state index < -0.39 is 6.04 Å². The molecule has 1 saturated heterocycles. The van der Waals surface area contributed by atoms with Gasteiger partial charge in [-0.15, -0.1) is 0 Å². The molecule has 3 amide bonds. The summed E-state index contributed by atoms with van der Waals surface area (Å²) in [7, 11) is 1.57. The number of amides is 3. The summed E-state index contributed by atoms with van der Waals surface area (Å²) in [6.45, 7) is 3.04. The van der Waals surface area contributed by atoms with E-state index in [2.05, 4.69) is 10.4 Å². The summed E-state index contributed by atoms with van der Waals surface area (Å²) in [5, 5.41) is 7.25. The fourth-order valence-electron chi connectivity index (χ4n) is 4.32. The molecule has 1 aromatic heterocycles. The van der Waals surface area contributed by atoms with Gasteiger partial charge in [0.15, 0.2) is 5.69 Å². The van der Waals surface area contributed by atoms with Crippen molar-refractivity contribution in [1.29, 1.82) is 0 Å². The van der Waals surface area contributed by atoms with Gasteiger partial charge in [0.05, 0.1) is 6.61 Å². The van der Waals surface area contributed by atoms with E-state index in [9.17, 15) is 14.4 Å². The summed E-state index contributed by atoms with van der Waals surface area (Å²) in [6, 6.07) is 10.9. The topological polar surface area (TPSA) is 96.8 Å². The minimum absolute atomic E-state index is 0.131. The maximum Gasteiger partial charge on any atom is 0.275 e. The maximum atomic E-state index is 13.2. The van der Waals surface area contributed by atoms with Gasteiger partial charge in [-0.1, -0.05) is 30.3 Å². The van der Waals surface area contributed by atoms with Crippen molar-refractivity contribution < 1.29 is 19.1 Å². The molecule has 1 atom stereocenters. The first-order valence-corrected chi connectivity index (χ1v) is 11.1. The zero-order chi connectivity index (χ0) is 22.5. The van der Waals surface area contributed by atoms with Crippen LogP contribution in [0.3, 0.4) is 0 Å². The number of hydrogen-bond donors (Lipinski definition) is 1. The van der Waals surface area contributed by atoms with Gasteiger partial charge in [-0.25, -0.2) is 0 Å². The maximum absolute atomic E-state index is 13.2. The van der Waals surface area contributed by atoms with Crippen LogP contribution in [0.2, 0.25) is 0 Å². The summed E-state index contributed by atoms with van der Waals surface area (Å²) in [4.78, 5) is 42.3. The number of nitrogens with one attached hydrogen (secondary N) is 1. The highest BCUT2D eigenvalue weighted by Gasteiger charge is 2.36. The lowest BCUT2D eigenvalue weighted by atomic mass is 10.2. The highest BCUT2D eigenvalue weighted by molar-refractivity contribution is 6.00. The summed E-state index contributed by atoms with van der Waals surface area (Å²) in [6.07, 6.45) is 2.13. The average Bonchev–Trinajstić information content (AvgIpc) is 3.43. The molecule has 1 N–H and O–H groups in total. The van der Waals surface area contributed by atoms with Crippen LogP contribution < -0.4 is 5.32 Å². The van der Waals surface area contributed by atoms with Crippen LogP contribution in [0.4, 0.5) is 0 Å². The minimum Gasteiger partial charge on any atom is -0.383 e. The van der Waals surface area contributed by atoms with Crippen molar-refractivity contribution in [1.82, 2.24) is 24.9 Å². The van der Waals surface area contributed by atoms with E-state index in [1.807, 2.05) is 30.3 Å². The number of hydrogen-bond acceptors (Lipinski definition) is 5. The van der Waals surface area contributed by atoms with Crippen LogP contribution in [0.25, 0.3) is 0 Å². The van der Waals surface area contributed by atoms with Crippen LogP contribution in [0.15, 0.2) is 36.4 Å². The fraction of sp³-hybridized carbons (Fsp3) is 0.478. The molecule has 2 aromatic rings. The number of benzene rings is 1. The summed E-state index contributed by atoms with van der Waals surface area (Å²) >= 11 is 0. The van der Waals surface area contributed by atoms with Crippen molar-refractivity contribution in [2.24, 2.45) is 0 Å². The molecule has 1 aromatic carbocycles. The molecule has 0 bridgehead atoms. The highest BCUT2D eigenvalue weighted by atomic mass is 16.5. The van der Waals surface area contributed by atoms with E-state index in [1.54, 1.807) is 27.7 Å². The van der Waals surface area contributed by atoms with Gasteiger partial charge in [0.2, 0.25) is 5.91 Å². The number of methoxy groups -OCH3 is 1. The first kappa shape index (κ1) is 22.0. The van der Waals surface area contributed by atoms with Gasteiger partial charge in [0.1, 0.15) is 11.7 Å². The van der Waals surface area contributed by atoms with Gasteiger partial charge in [-0.05, 0) is 24.8 Å².